The molecule has 1 heterocycles. The Kier molecular flexibility index (Phi) is 8.73. The Labute approximate surface area is 168 Å². The molecule has 0 spiro atoms. The average molecular weight is 410 g/mol. The van der Waals surface area contributed by atoms with Crippen LogP contribution in [0.3, 0.4) is 0 Å². The number of aliphatic hydroxyl groups is 1. The van der Waals surface area contributed by atoms with Crippen LogP contribution in [-0.2, 0) is 4.79 Å². The fourth-order valence-electron chi connectivity index (χ4n) is 3.18. The van der Waals surface area contributed by atoms with Gasteiger partial charge < -0.3 is 10.2 Å². The maximum absolute atomic E-state index is 12.2. The molecule has 0 radical (unpaired) electrons. The summed E-state index contributed by atoms with van der Waals surface area (Å²) in [4.78, 5) is 27.1. The molecule has 1 aliphatic rings. The van der Waals surface area contributed by atoms with E-state index in [2.05, 4.69) is 17.6 Å². The SMILES string of the molecule is C=C(C)CC[C@@H](O)C/C=C/[C@H]1CCC(=O)[C@@H]1CCSc1nc(C(=O)O)cs1. The van der Waals surface area contributed by atoms with E-state index in [9.17, 15) is 14.7 Å². The van der Waals surface area contributed by atoms with Crippen molar-refractivity contribution in [1.82, 2.24) is 4.98 Å². The van der Waals surface area contributed by atoms with E-state index in [0.29, 0.717) is 18.6 Å². The van der Waals surface area contributed by atoms with Gasteiger partial charge in [-0.25, -0.2) is 9.78 Å². The van der Waals surface area contributed by atoms with Gasteiger partial charge in [-0.15, -0.1) is 17.9 Å². The highest BCUT2D eigenvalue weighted by atomic mass is 32.2. The number of hydrogen-bond donors (Lipinski definition) is 2. The van der Waals surface area contributed by atoms with Gasteiger partial charge in [-0.3, -0.25) is 4.79 Å². The first-order chi connectivity index (χ1) is 12.9. The van der Waals surface area contributed by atoms with E-state index in [-0.39, 0.29) is 23.6 Å². The highest BCUT2D eigenvalue weighted by molar-refractivity contribution is 8.01. The van der Waals surface area contributed by atoms with Crippen LogP contribution in [0.15, 0.2) is 34.0 Å². The van der Waals surface area contributed by atoms with E-state index >= 15 is 0 Å². The van der Waals surface area contributed by atoms with Crippen molar-refractivity contribution in [2.45, 2.75) is 55.9 Å². The lowest BCUT2D eigenvalue weighted by atomic mass is 9.92. The summed E-state index contributed by atoms with van der Waals surface area (Å²) in [6, 6.07) is 0. The van der Waals surface area contributed by atoms with Crippen LogP contribution in [0.25, 0.3) is 0 Å². The Hall–Kier alpha value is -1.44. The summed E-state index contributed by atoms with van der Waals surface area (Å²) in [7, 11) is 0. The number of thiazole rings is 1. The lowest BCUT2D eigenvalue weighted by molar-refractivity contribution is -0.121. The van der Waals surface area contributed by atoms with Gasteiger partial charge in [-0.1, -0.05) is 29.5 Å². The molecule has 1 aromatic heterocycles. The molecular formula is C20H27NO4S2. The van der Waals surface area contributed by atoms with Crippen molar-refractivity contribution < 1.29 is 19.8 Å². The van der Waals surface area contributed by atoms with Crippen LogP contribution in [0.5, 0.6) is 0 Å². The molecule has 148 valence electrons. The van der Waals surface area contributed by atoms with E-state index in [4.69, 9.17) is 5.11 Å². The normalized spacial score (nSPS) is 21.0. The van der Waals surface area contributed by atoms with E-state index in [0.717, 1.165) is 41.3 Å². The van der Waals surface area contributed by atoms with Crippen LogP contribution in [0.1, 0.15) is 55.9 Å². The van der Waals surface area contributed by atoms with Crippen LogP contribution < -0.4 is 0 Å². The number of aromatic carboxylic acids is 1. The number of carbonyl (C=O) groups is 2. The first-order valence-electron chi connectivity index (χ1n) is 9.20. The first kappa shape index (κ1) is 21.9. The maximum Gasteiger partial charge on any atom is 0.355 e. The quantitative estimate of drug-likeness (QED) is 0.411. The molecule has 27 heavy (non-hydrogen) atoms. The van der Waals surface area contributed by atoms with Crippen molar-refractivity contribution >= 4 is 34.9 Å². The minimum absolute atomic E-state index is 0.0141. The third kappa shape index (κ3) is 7.24. The number of rotatable bonds is 11. The number of aliphatic hydroxyl groups excluding tert-OH is 1. The number of carboxylic acid groups (broad SMARTS) is 1. The molecule has 1 aliphatic carbocycles. The molecule has 3 atom stereocenters. The topological polar surface area (TPSA) is 87.5 Å². The fourth-order valence-corrected chi connectivity index (χ4v) is 5.07. The summed E-state index contributed by atoms with van der Waals surface area (Å²) >= 11 is 2.83. The standard InChI is InChI=1S/C20H27NO4S2/c1-13(2)6-8-15(22)5-3-4-14-7-9-18(23)16(14)10-11-26-20-21-17(12-27-20)19(24)25/h3-4,12,14-16,22H,1,5-11H2,2H3,(H,24,25)/b4-3+/t14-,15-,16+/m0/s1. The molecule has 0 saturated heterocycles. The molecule has 0 aliphatic heterocycles. The van der Waals surface area contributed by atoms with Crippen LogP contribution in [0.2, 0.25) is 0 Å². The summed E-state index contributed by atoms with van der Waals surface area (Å²) in [6.45, 7) is 5.81. The van der Waals surface area contributed by atoms with Gasteiger partial charge in [0.05, 0.1) is 6.10 Å². The third-order valence-electron chi connectivity index (χ3n) is 4.71. The average Bonchev–Trinajstić information content (AvgIpc) is 3.21. The smallest absolute Gasteiger partial charge is 0.355 e. The Bertz CT molecular complexity index is 698. The number of nitrogens with zero attached hydrogens (tertiary/aromatic N) is 1. The number of aromatic nitrogens is 1. The number of thioether (sulfide) groups is 1. The molecule has 2 rings (SSSR count). The van der Waals surface area contributed by atoms with Crippen molar-refractivity contribution in [2.75, 3.05) is 5.75 Å². The van der Waals surface area contributed by atoms with Crippen molar-refractivity contribution in [3.8, 4) is 0 Å². The second kappa shape index (κ2) is 10.8. The number of carbonyl (C=O) groups excluding carboxylic acids is 1. The molecule has 0 unspecified atom stereocenters. The first-order valence-corrected chi connectivity index (χ1v) is 11.1. The maximum atomic E-state index is 12.2. The van der Waals surface area contributed by atoms with Crippen LogP contribution in [0, 0.1) is 11.8 Å². The summed E-state index contributed by atoms with van der Waals surface area (Å²) < 4.78 is 0.727. The number of ketones is 1. The predicted molar refractivity (Wildman–Crippen MR) is 109 cm³/mol. The van der Waals surface area contributed by atoms with Crippen LogP contribution >= 0.6 is 23.1 Å². The van der Waals surface area contributed by atoms with Gasteiger partial charge in [0, 0.05) is 23.5 Å². The zero-order valence-corrected chi connectivity index (χ0v) is 17.2. The van der Waals surface area contributed by atoms with Crippen molar-refractivity contribution in [3.05, 3.63) is 35.4 Å². The zero-order chi connectivity index (χ0) is 19.8. The largest absolute Gasteiger partial charge is 0.476 e. The second-order valence-electron chi connectivity index (χ2n) is 7.03. The molecule has 2 N–H and O–H groups in total. The molecular weight excluding hydrogens is 382 g/mol. The Morgan fingerprint density at radius 3 is 3.00 bits per heavy atom. The highest BCUT2D eigenvalue weighted by Crippen LogP contribution is 2.34. The van der Waals surface area contributed by atoms with E-state index in [1.165, 1.54) is 28.5 Å². The minimum atomic E-state index is -1.01. The molecule has 5 nitrogen and oxygen atoms in total. The molecule has 0 aromatic carbocycles. The summed E-state index contributed by atoms with van der Waals surface area (Å²) in [5.74, 6) is 0.282. The zero-order valence-electron chi connectivity index (χ0n) is 15.6. The monoisotopic (exact) mass is 409 g/mol. The molecule has 1 saturated carbocycles. The lowest BCUT2D eigenvalue weighted by Gasteiger charge is -2.14. The van der Waals surface area contributed by atoms with Crippen LogP contribution in [-0.4, -0.2) is 38.8 Å². The third-order valence-corrected chi connectivity index (χ3v) is 6.76. The summed E-state index contributed by atoms with van der Waals surface area (Å²) in [5, 5.41) is 20.4. The van der Waals surface area contributed by atoms with Gasteiger partial charge in [-0.05, 0) is 44.9 Å². The summed E-state index contributed by atoms with van der Waals surface area (Å²) in [6.07, 6.45) is 8.14. The number of carboxylic acids is 1. The molecule has 0 bridgehead atoms. The van der Waals surface area contributed by atoms with E-state index < -0.39 is 5.97 Å². The highest BCUT2D eigenvalue weighted by Gasteiger charge is 2.32. The van der Waals surface area contributed by atoms with Gasteiger partial charge >= 0.3 is 5.97 Å². The summed E-state index contributed by atoms with van der Waals surface area (Å²) in [5.41, 5.74) is 1.15. The molecule has 0 amide bonds. The van der Waals surface area contributed by atoms with Crippen molar-refractivity contribution in [3.63, 3.8) is 0 Å². The van der Waals surface area contributed by atoms with Gasteiger partial charge in [0.1, 0.15) is 5.78 Å². The van der Waals surface area contributed by atoms with E-state index in [1.54, 1.807) is 0 Å². The van der Waals surface area contributed by atoms with Gasteiger partial charge in [-0.2, -0.15) is 0 Å². The number of allylic oxidation sites excluding steroid dienone is 2. The predicted octanol–water partition coefficient (Wildman–Crippen LogP) is 4.58. The van der Waals surface area contributed by atoms with Crippen LogP contribution in [0.4, 0.5) is 0 Å². The van der Waals surface area contributed by atoms with Gasteiger partial charge in [0.2, 0.25) is 0 Å². The number of hydrogen-bond acceptors (Lipinski definition) is 6. The molecule has 1 aromatic rings. The Morgan fingerprint density at radius 2 is 2.33 bits per heavy atom. The van der Waals surface area contributed by atoms with Crippen molar-refractivity contribution in [2.24, 2.45) is 11.8 Å². The second-order valence-corrected chi connectivity index (χ2v) is 9.23. The van der Waals surface area contributed by atoms with Gasteiger partial charge in [0.25, 0.3) is 0 Å². The Morgan fingerprint density at radius 1 is 1.56 bits per heavy atom. The fraction of sp³-hybridized carbons (Fsp3) is 0.550. The molecule has 7 heteroatoms. The minimum Gasteiger partial charge on any atom is -0.476 e. The van der Waals surface area contributed by atoms with E-state index in [1.807, 2.05) is 13.0 Å². The lowest BCUT2D eigenvalue weighted by Crippen LogP contribution is -2.14. The Balaban J connectivity index is 1.78. The number of Topliss-reactive ketones (excluding diaryl/α,β-unsaturated/α-hetero) is 1. The molecule has 1 fully saturated rings. The van der Waals surface area contributed by atoms with Crippen molar-refractivity contribution in [1.29, 1.82) is 0 Å². The van der Waals surface area contributed by atoms with Gasteiger partial charge in [0.15, 0.2) is 10.0 Å².